The van der Waals surface area contributed by atoms with Crippen LogP contribution in [0.4, 0.5) is 5.82 Å². The Morgan fingerprint density at radius 2 is 2.11 bits per heavy atom. The maximum Gasteiger partial charge on any atom is 0.130 e. The van der Waals surface area contributed by atoms with Gasteiger partial charge in [-0.05, 0) is 26.3 Å². The van der Waals surface area contributed by atoms with E-state index in [-0.39, 0.29) is 0 Å². The Morgan fingerprint density at radius 3 is 2.83 bits per heavy atom. The first kappa shape index (κ1) is 12.5. The van der Waals surface area contributed by atoms with Crippen LogP contribution < -0.4 is 5.32 Å². The van der Waals surface area contributed by atoms with Gasteiger partial charge in [0.05, 0.1) is 11.4 Å². The van der Waals surface area contributed by atoms with E-state index >= 15 is 0 Å². The molecule has 2 aromatic heterocycles. The summed E-state index contributed by atoms with van der Waals surface area (Å²) in [6.07, 6.45) is 2.88. The molecule has 0 aliphatic heterocycles. The Labute approximate surface area is 107 Å². The van der Waals surface area contributed by atoms with Gasteiger partial charge in [0, 0.05) is 25.4 Å². The van der Waals surface area contributed by atoms with Crippen molar-refractivity contribution in [2.75, 3.05) is 11.9 Å². The normalized spacial score (nSPS) is 10.6. The summed E-state index contributed by atoms with van der Waals surface area (Å²) in [4.78, 5) is 8.87. The van der Waals surface area contributed by atoms with Gasteiger partial charge in [0.2, 0.25) is 0 Å². The highest BCUT2D eigenvalue weighted by Crippen LogP contribution is 2.19. The van der Waals surface area contributed by atoms with E-state index in [1.54, 1.807) is 6.20 Å². The molecule has 0 radical (unpaired) electrons. The van der Waals surface area contributed by atoms with Gasteiger partial charge in [0.1, 0.15) is 11.6 Å². The molecule has 0 bridgehead atoms. The number of rotatable bonds is 5. The molecule has 5 heteroatoms. The van der Waals surface area contributed by atoms with E-state index in [0.29, 0.717) is 0 Å². The predicted octanol–water partition coefficient (Wildman–Crippen LogP) is 2.49. The van der Waals surface area contributed by atoms with Gasteiger partial charge in [0.15, 0.2) is 0 Å². The number of nitrogens with zero attached hydrogens (tertiary/aromatic N) is 4. The largest absolute Gasteiger partial charge is 0.370 e. The van der Waals surface area contributed by atoms with Crippen molar-refractivity contribution in [3.05, 3.63) is 24.2 Å². The molecule has 5 nitrogen and oxygen atoms in total. The van der Waals surface area contributed by atoms with Gasteiger partial charge in [-0.25, -0.2) is 9.97 Å². The van der Waals surface area contributed by atoms with Crippen LogP contribution in [0, 0.1) is 6.92 Å². The fourth-order valence-electron chi connectivity index (χ4n) is 1.84. The van der Waals surface area contributed by atoms with E-state index < -0.39 is 0 Å². The van der Waals surface area contributed by atoms with Gasteiger partial charge in [-0.1, -0.05) is 6.92 Å². The molecular formula is C13H19N5. The minimum Gasteiger partial charge on any atom is -0.370 e. The lowest BCUT2D eigenvalue weighted by Crippen LogP contribution is -2.06. The highest BCUT2D eigenvalue weighted by molar-refractivity contribution is 5.58. The Kier molecular flexibility index (Phi) is 3.92. The minimum absolute atomic E-state index is 0.773. The maximum absolute atomic E-state index is 4.48. The van der Waals surface area contributed by atoms with Gasteiger partial charge in [0.25, 0.3) is 0 Å². The van der Waals surface area contributed by atoms with Crippen molar-refractivity contribution in [2.24, 2.45) is 0 Å². The summed E-state index contributed by atoms with van der Waals surface area (Å²) in [5, 5.41) is 7.56. The van der Waals surface area contributed by atoms with Gasteiger partial charge in [-0.15, -0.1) is 0 Å². The zero-order valence-corrected chi connectivity index (χ0v) is 11.1. The summed E-state index contributed by atoms with van der Waals surface area (Å²) in [6, 6.07) is 3.96. The van der Waals surface area contributed by atoms with Crippen LogP contribution in [0.15, 0.2) is 18.3 Å². The fraction of sp³-hybridized carbons (Fsp3) is 0.462. The average Bonchev–Trinajstić information content (AvgIpc) is 2.84. The molecule has 0 unspecified atom stereocenters. The number of hydrogen-bond donors (Lipinski definition) is 1. The highest BCUT2D eigenvalue weighted by atomic mass is 15.3. The molecule has 0 amide bonds. The molecule has 0 saturated heterocycles. The Balaban J connectivity index is 2.35. The lowest BCUT2D eigenvalue weighted by Gasteiger charge is -2.08. The summed E-state index contributed by atoms with van der Waals surface area (Å²) in [7, 11) is 0. The topological polar surface area (TPSA) is 55.6 Å². The second kappa shape index (κ2) is 5.62. The first-order chi connectivity index (χ1) is 8.74. The highest BCUT2D eigenvalue weighted by Gasteiger charge is 2.08. The van der Waals surface area contributed by atoms with Gasteiger partial charge in [-0.2, -0.15) is 5.10 Å². The molecule has 0 spiro atoms. The van der Waals surface area contributed by atoms with E-state index in [9.17, 15) is 0 Å². The monoisotopic (exact) mass is 245 g/mol. The summed E-state index contributed by atoms with van der Waals surface area (Å²) in [6.45, 7) is 7.87. The summed E-state index contributed by atoms with van der Waals surface area (Å²) in [5.74, 6) is 1.65. The molecule has 2 rings (SSSR count). The number of aromatic nitrogens is 4. The molecule has 2 heterocycles. The van der Waals surface area contributed by atoms with E-state index in [2.05, 4.69) is 34.2 Å². The van der Waals surface area contributed by atoms with Crippen molar-refractivity contribution in [3.63, 3.8) is 0 Å². The first-order valence-electron chi connectivity index (χ1n) is 6.36. The zero-order chi connectivity index (χ0) is 13.0. The third-order valence-corrected chi connectivity index (χ3v) is 2.67. The van der Waals surface area contributed by atoms with Crippen LogP contribution in [0.5, 0.6) is 0 Å². The van der Waals surface area contributed by atoms with E-state index in [1.165, 1.54) is 0 Å². The Morgan fingerprint density at radius 1 is 1.28 bits per heavy atom. The third-order valence-electron chi connectivity index (χ3n) is 2.67. The predicted molar refractivity (Wildman–Crippen MR) is 72.4 cm³/mol. The molecule has 2 aromatic rings. The van der Waals surface area contributed by atoms with Crippen LogP contribution in [0.2, 0.25) is 0 Å². The lowest BCUT2D eigenvalue weighted by molar-refractivity contribution is 0.665. The smallest absolute Gasteiger partial charge is 0.130 e. The number of aryl methyl sites for hydroxylation is 2. The standard InChI is InChI=1S/C13H19N5/c1-4-7-14-13-9-11(16-10(3)17-13)12-6-8-15-18(12)5-2/h6,8-9H,4-5,7H2,1-3H3,(H,14,16,17). The lowest BCUT2D eigenvalue weighted by atomic mass is 10.3. The second-order valence-electron chi connectivity index (χ2n) is 4.14. The third kappa shape index (κ3) is 2.67. The summed E-state index contributed by atoms with van der Waals surface area (Å²) >= 11 is 0. The van der Waals surface area contributed by atoms with Crippen molar-refractivity contribution >= 4 is 5.82 Å². The molecule has 18 heavy (non-hydrogen) atoms. The Hall–Kier alpha value is -1.91. The number of hydrogen-bond acceptors (Lipinski definition) is 4. The van der Waals surface area contributed by atoms with E-state index in [0.717, 1.165) is 42.5 Å². The quantitative estimate of drug-likeness (QED) is 0.879. The van der Waals surface area contributed by atoms with E-state index in [4.69, 9.17) is 0 Å². The molecule has 96 valence electrons. The van der Waals surface area contributed by atoms with Crippen molar-refractivity contribution in [1.82, 2.24) is 19.7 Å². The van der Waals surface area contributed by atoms with E-state index in [1.807, 2.05) is 23.7 Å². The van der Waals surface area contributed by atoms with Crippen molar-refractivity contribution in [3.8, 4) is 11.4 Å². The summed E-state index contributed by atoms with van der Waals surface area (Å²) < 4.78 is 1.94. The Bertz CT molecular complexity index is 518. The summed E-state index contributed by atoms with van der Waals surface area (Å²) in [5.41, 5.74) is 1.95. The first-order valence-corrected chi connectivity index (χ1v) is 6.36. The molecule has 0 aliphatic rings. The van der Waals surface area contributed by atoms with Crippen LogP contribution >= 0.6 is 0 Å². The van der Waals surface area contributed by atoms with Crippen LogP contribution in [0.3, 0.4) is 0 Å². The zero-order valence-electron chi connectivity index (χ0n) is 11.1. The van der Waals surface area contributed by atoms with Crippen molar-refractivity contribution in [1.29, 1.82) is 0 Å². The SMILES string of the molecule is CCCNc1cc(-c2ccnn2CC)nc(C)n1. The molecule has 0 fully saturated rings. The molecule has 0 aliphatic carbocycles. The maximum atomic E-state index is 4.48. The molecule has 0 aromatic carbocycles. The fourth-order valence-corrected chi connectivity index (χ4v) is 1.84. The van der Waals surface area contributed by atoms with Gasteiger partial charge in [-0.3, -0.25) is 4.68 Å². The average molecular weight is 245 g/mol. The molecule has 0 saturated carbocycles. The number of anilines is 1. The van der Waals surface area contributed by atoms with Crippen molar-refractivity contribution < 1.29 is 0 Å². The van der Waals surface area contributed by atoms with Crippen LogP contribution in [-0.4, -0.2) is 26.3 Å². The number of nitrogens with one attached hydrogen (secondary N) is 1. The minimum atomic E-state index is 0.773. The van der Waals surface area contributed by atoms with Crippen molar-refractivity contribution in [2.45, 2.75) is 33.7 Å². The second-order valence-corrected chi connectivity index (χ2v) is 4.14. The van der Waals surface area contributed by atoms with Crippen LogP contribution in [-0.2, 0) is 6.54 Å². The van der Waals surface area contributed by atoms with Gasteiger partial charge >= 0.3 is 0 Å². The molecular weight excluding hydrogens is 226 g/mol. The molecule has 0 atom stereocenters. The van der Waals surface area contributed by atoms with Crippen LogP contribution in [0.1, 0.15) is 26.1 Å². The molecule has 1 N–H and O–H groups in total. The van der Waals surface area contributed by atoms with Gasteiger partial charge < -0.3 is 5.32 Å². The van der Waals surface area contributed by atoms with Crippen LogP contribution in [0.25, 0.3) is 11.4 Å².